The number of rotatable bonds is 0. The van der Waals surface area contributed by atoms with E-state index in [1.165, 1.54) is 6.92 Å². The van der Waals surface area contributed by atoms with Gasteiger partial charge in [0.1, 0.15) is 5.52 Å². The maximum absolute atomic E-state index is 13.0. The van der Waals surface area contributed by atoms with Crippen LogP contribution in [0.15, 0.2) is 6.07 Å². The van der Waals surface area contributed by atoms with E-state index in [0.717, 1.165) is 6.07 Å². The zero-order chi connectivity index (χ0) is 9.59. The lowest BCUT2D eigenvalue weighted by atomic mass is 10.2. The molecule has 0 saturated carbocycles. The van der Waals surface area contributed by atoms with E-state index in [-0.39, 0.29) is 16.6 Å². The van der Waals surface area contributed by atoms with Crippen LogP contribution < -0.4 is 0 Å². The number of hydrogen-bond acceptors (Lipinski definition) is 2. The van der Waals surface area contributed by atoms with E-state index in [1.54, 1.807) is 0 Å². The first-order chi connectivity index (χ1) is 6.11. The lowest BCUT2D eigenvalue weighted by Gasteiger charge is -1.99. The third-order valence-corrected chi connectivity index (χ3v) is 1.88. The zero-order valence-corrected chi connectivity index (χ0v) is 6.67. The van der Waals surface area contributed by atoms with Gasteiger partial charge in [-0.15, -0.1) is 0 Å². The maximum atomic E-state index is 13.0. The largest absolute Gasteiger partial charge is 0.426 e. The van der Waals surface area contributed by atoms with E-state index in [4.69, 9.17) is 5.21 Å². The van der Waals surface area contributed by atoms with Crippen LogP contribution in [0.2, 0.25) is 0 Å². The van der Waals surface area contributed by atoms with Crippen molar-refractivity contribution in [2.24, 2.45) is 0 Å². The molecule has 0 aliphatic rings. The molecule has 5 heteroatoms. The third-order valence-electron chi connectivity index (χ3n) is 1.88. The summed E-state index contributed by atoms with van der Waals surface area (Å²) in [7, 11) is 0. The molecule has 1 N–H and O–H groups in total. The van der Waals surface area contributed by atoms with Gasteiger partial charge >= 0.3 is 0 Å². The van der Waals surface area contributed by atoms with Crippen LogP contribution in [0.1, 0.15) is 5.56 Å². The average molecular weight is 183 g/mol. The minimum atomic E-state index is -1.01. The Morgan fingerprint density at radius 1 is 1.54 bits per heavy atom. The van der Waals surface area contributed by atoms with Gasteiger partial charge in [0.25, 0.3) is 0 Å². The lowest BCUT2D eigenvalue weighted by molar-refractivity contribution is 0.195. The van der Waals surface area contributed by atoms with Gasteiger partial charge in [-0.1, -0.05) is 0 Å². The van der Waals surface area contributed by atoms with Gasteiger partial charge in [-0.25, -0.2) is 13.8 Å². The first-order valence-corrected chi connectivity index (χ1v) is 3.55. The summed E-state index contributed by atoms with van der Waals surface area (Å²) >= 11 is 0. The quantitative estimate of drug-likeness (QED) is 0.631. The minimum Gasteiger partial charge on any atom is -0.426 e. The molecular formula is C8H5F2N2O. The molecule has 1 radical (unpaired) electrons. The summed E-state index contributed by atoms with van der Waals surface area (Å²) in [5, 5.41) is 9.06. The highest BCUT2D eigenvalue weighted by Gasteiger charge is 2.13. The Labute approximate surface area is 72.2 Å². The van der Waals surface area contributed by atoms with Crippen LogP contribution in [0.25, 0.3) is 11.0 Å². The highest BCUT2D eigenvalue weighted by atomic mass is 19.2. The predicted molar refractivity (Wildman–Crippen MR) is 40.4 cm³/mol. The third kappa shape index (κ3) is 0.965. The van der Waals surface area contributed by atoms with E-state index >= 15 is 0 Å². The topological polar surface area (TPSA) is 38.0 Å². The Hall–Kier alpha value is -1.65. The van der Waals surface area contributed by atoms with Crippen molar-refractivity contribution in [2.75, 3.05) is 0 Å². The van der Waals surface area contributed by atoms with Crippen molar-refractivity contribution in [3.05, 3.63) is 29.6 Å². The van der Waals surface area contributed by atoms with E-state index in [1.807, 2.05) is 0 Å². The van der Waals surface area contributed by atoms with Crippen LogP contribution in [0.3, 0.4) is 0 Å². The van der Waals surface area contributed by atoms with Crippen molar-refractivity contribution in [1.82, 2.24) is 9.71 Å². The highest BCUT2D eigenvalue weighted by molar-refractivity contribution is 5.78. The summed E-state index contributed by atoms with van der Waals surface area (Å²) in [4.78, 5) is 3.60. The molecule has 0 amide bonds. The SMILES string of the molecule is Cc1c(F)c(F)cc2c1n[c]n2O. The Morgan fingerprint density at radius 2 is 2.23 bits per heavy atom. The van der Waals surface area contributed by atoms with Gasteiger partial charge in [0, 0.05) is 11.6 Å². The Balaban J connectivity index is 2.96. The Morgan fingerprint density at radius 3 is 2.92 bits per heavy atom. The number of benzene rings is 1. The molecule has 0 aliphatic heterocycles. The molecule has 1 heterocycles. The minimum absolute atomic E-state index is 0.0686. The number of halogens is 2. The molecule has 0 spiro atoms. The fraction of sp³-hybridized carbons (Fsp3) is 0.125. The predicted octanol–water partition coefficient (Wildman–Crippen LogP) is 1.66. The summed E-state index contributed by atoms with van der Waals surface area (Å²) in [5.41, 5.74) is 0.386. The first kappa shape index (κ1) is 7.97. The smallest absolute Gasteiger partial charge is 0.215 e. The van der Waals surface area contributed by atoms with Crippen LogP contribution in [-0.4, -0.2) is 14.9 Å². The molecule has 0 bridgehead atoms. The number of imidazole rings is 1. The molecule has 2 rings (SSSR count). The Bertz CT molecular complexity index is 478. The normalized spacial score (nSPS) is 11.0. The molecule has 0 unspecified atom stereocenters. The zero-order valence-electron chi connectivity index (χ0n) is 6.67. The fourth-order valence-corrected chi connectivity index (χ4v) is 1.18. The second-order valence-electron chi connectivity index (χ2n) is 2.69. The summed E-state index contributed by atoms with van der Waals surface area (Å²) in [6.07, 6.45) is 2.16. The number of fused-ring (bicyclic) bond motifs is 1. The monoisotopic (exact) mass is 183 g/mol. The van der Waals surface area contributed by atoms with Crippen LogP contribution >= 0.6 is 0 Å². The van der Waals surface area contributed by atoms with E-state index in [0.29, 0.717) is 4.73 Å². The van der Waals surface area contributed by atoms with Crippen LogP contribution in [0, 0.1) is 24.9 Å². The number of hydrogen-bond donors (Lipinski definition) is 1. The molecule has 13 heavy (non-hydrogen) atoms. The van der Waals surface area contributed by atoms with Crippen molar-refractivity contribution >= 4 is 11.0 Å². The van der Waals surface area contributed by atoms with Gasteiger partial charge < -0.3 is 5.21 Å². The maximum Gasteiger partial charge on any atom is 0.215 e. The molecule has 1 aromatic heterocycles. The number of nitrogens with zero attached hydrogens (tertiary/aromatic N) is 2. The number of aromatic nitrogens is 2. The molecule has 3 nitrogen and oxygen atoms in total. The van der Waals surface area contributed by atoms with Crippen molar-refractivity contribution in [2.45, 2.75) is 6.92 Å². The van der Waals surface area contributed by atoms with Crippen molar-refractivity contribution < 1.29 is 14.0 Å². The van der Waals surface area contributed by atoms with E-state index in [9.17, 15) is 8.78 Å². The van der Waals surface area contributed by atoms with Gasteiger partial charge in [-0.2, -0.15) is 4.73 Å². The average Bonchev–Trinajstić information content (AvgIpc) is 2.45. The molecule has 0 saturated heterocycles. The van der Waals surface area contributed by atoms with Gasteiger partial charge in [-0.05, 0) is 6.92 Å². The second kappa shape index (κ2) is 2.42. The Kier molecular flexibility index (Phi) is 1.48. The van der Waals surface area contributed by atoms with Crippen molar-refractivity contribution in [1.29, 1.82) is 0 Å². The van der Waals surface area contributed by atoms with E-state index < -0.39 is 11.6 Å². The molecule has 0 aliphatic carbocycles. The van der Waals surface area contributed by atoms with Gasteiger partial charge in [-0.3, -0.25) is 0 Å². The van der Waals surface area contributed by atoms with Gasteiger partial charge in [0.15, 0.2) is 11.6 Å². The van der Waals surface area contributed by atoms with E-state index in [2.05, 4.69) is 11.3 Å². The molecular weight excluding hydrogens is 178 g/mol. The fourth-order valence-electron chi connectivity index (χ4n) is 1.18. The molecule has 1 aromatic carbocycles. The summed E-state index contributed by atoms with van der Waals surface area (Å²) in [6, 6.07) is 0.876. The molecule has 2 aromatic rings. The second-order valence-corrected chi connectivity index (χ2v) is 2.69. The standard InChI is InChI=1S/C8H5F2N2O/c1-4-7(10)5(9)2-6-8(4)11-3-12(6)13/h2,13H,1H3. The lowest BCUT2D eigenvalue weighted by Crippen LogP contribution is -1.93. The van der Waals surface area contributed by atoms with Crippen LogP contribution in [0.5, 0.6) is 0 Å². The van der Waals surface area contributed by atoms with Crippen LogP contribution in [-0.2, 0) is 0 Å². The molecule has 0 fully saturated rings. The summed E-state index contributed by atoms with van der Waals surface area (Å²) in [5.74, 6) is -1.95. The van der Waals surface area contributed by atoms with Crippen molar-refractivity contribution in [3.8, 4) is 0 Å². The van der Waals surface area contributed by atoms with Gasteiger partial charge in [0.05, 0.1) is 5.52 Å². The summed E-state index contributed by atoms with van der Waals surface area (Å²) < 4.78 is 26.3. The highest BCUT2D eigenvalue weighted by Crippen LogP contribution is 2.21. The number of aryl methyl sites for hydroxylation is 1. The van der Waals surface area contributed by atoms with Crippen molar-refractivity contribution in [3.63, 3.8) is 0 Å². The summed E-state index contributed by atoms with van der Waals surface area (Å²) in [6.45, 7) is 1.39. The molecule has 0 atom stereocenters. The van der Waals surface area contributed by atoms with Gasteiger partial charge in [0.2, 0.25) is 6.33 Å². The first-order valence-electron chi connectivity index (χ1n) is 3.55. The van der Waals surface area contributed by atoms with Crippen LogP contribution in [0.4, 0.5) is 8.78 Å². The molecule has 67 valence electrons.